The van der Waals surface area contributed by atoms with Crippen LogP contribution < -0.4 is 9.47 Å². The summed E-state index contributed by atoms with van der Waals surface area (Å²) in [5.74, 6) is 0.217. The van der Waals surface area contributed by atoms with Gasteiger partial charge >= 0.3 is 0 Å². The number of hydrogen-bond donors (Lipinski definition) is 0. The molecule has 0 spiro atoms. The van der Waals surface area contributed by atoms with E-state index in [2.05, 4.69) is 11.1 Å². The van der Waals surface area contributed by atoms with Crippen molar-refractivity contribution in [2.24, 2.45) is 0 Å². The lowest BCUT2D eigenvalue weighted by atomic mass is 10.0. The lowest BCUT2D eigenvalue weighted by Gasteiger charge is -2.14. The number of pyridine rings is 1. The van der Waals surface area contributed by atoms with Crippen LogP contribution in [0.1, 0.15) is 16.7 Å². The van der Waals surface area contributed by atoms with E-state index in [0.717, 1.165) is 11.1 Å². The van der Waals surface area contributed by atoms with Crippen molar-refractivity contribution in [3.63, 3.8) is 0 Å². The van der Waals surface area contributed by atoms with Crippen molar-refractivity contribution in [3.8, 4) is 29.0 Å². The first-order chi connectivity index (χ1) is 15.2. The maximum absolute atomic E-state index is 13.9. The Bertz CT molecular complexity index is 1210. The molecule has 0 saturated carbocycles. The Labute approximate surface area is 180 Å². The number of nitrogens with zero attached hydrogens (tertiary/aromatic N) is 2. The second kappa shape index (κ2) is 9.55. The molecule has 1 aromatic heterocycles. The minimum Gasteiger partial charge on any atom is -0.473 e. The van der Waals surface area contributed by atoms with Gasteiger partial charge in [0, 0.05) is 17.2 Å². The van der Waals surface area contributed by atoms with E-state index in [4.69, 9.17) is 9.47 Å². The highest BCUT2D eigenvalue weighted by molar-refractivity contribution is 5.74. The standard InChI is InChI=1S/C26H19FN2O2/c27-22-12-11-21(16-28)24(15-22)23-13-14-25(30-17-19-7-3-1-4-8-19)29-26(23)31-18-20-9-5-2-6-10-20/h1-15H,17-18H2. The molecule has 0 amide bonds. The van der Waals surface area contributed by atoms with Crippen molar-refractivity contribution in [3.05, 3.63) is 114 Å². The first-order valence-corrected chi connectivity index (χ1v) is 9.77. The van der Waals surface area contributed by atoms with Gasteiger partial charge in [0.2, 0.25) is 11.8 Å². The van der Waals surface area contributed by atoms with Gasteiger partial charge in [-0.25, -0.2) is 4.39 Å². The first-order valence-electron chi connectivity index (χ1n) is 9.77. The number of halogens is 1. The van der Waals surface area contributed by atoms with Crippen molar-refractivity contribution in [1.82, 2.24) is 4.98 Å². The summed E-state index contributed by atoms with van der Waals surface area (Å²) in [7, 11) is 0. The zero-order chi connectivity index (χ0) is 21.5. The fourth-order valence-corrected chi connectivity index (χ4v) is 3.11. The van der Waals surface area contributed by atoms with Crippen LogP contribution in [0.15, 0.2) is 91.0 Å². The summed E-state index contributed by atoms with van der Waals surface area (Å²) in [5, 5.41) is 9.48. The van der Waals surface area contributed by atoms with Gasteiger partial charge in [0.15, 0.2) is 0 Å². The normalized spacial score (nSPS) is 10.3. The van der Waals surface area contributed by atoms with Gasteiger partial charge < -0.3 is 9.47 Å². The third-order valence-corrected chi connectivity index (χ3v) is 4.67. The molecule has 0 unspecified atom stereocenters. The zero-order valence-electron chi connectivity index (χ0n) is 16.7. The van der Waals surface area contributed by atoms with Crippen LogP contribution in [0.4, 0.5) is 4.39 Å². The number of ether oxygens (including phenoxy) is 2. The Morgan fingerprint density at radius 2 is 1.39 bits per heavy atom. The predicted octanol–water partition coefficient (Wildman–Crippen LogP) is 5.92. The van der Waals surface area contributed by atoms with E-state index in [1.165, 1.54) is 18.2 Å². The molecule has 0 atom stereocenters. The highest BCUT2D eigenvalue weighted by Crippen LogP contribution is 2.34. The molecule has 31 heavy (non-hydrogen) atoms. The van der Waals surface area contributed by atoms with Gasteiger partial charge in [-0.05, 0) is 35.4 Å². The van der Waals surface area contributed by atoms with Crippen LogP contribution in [0.2, 0.25) is 0 Å². The quantitative estimate of drug-likeness (QED) is 0.380. The molecule has 0 aliphatic rings. The molecule has 1 heterocycles. The van der Waals surface area contributed by atoms with Crippen molar-refractivity contribution in [2.45, 2.75) is 13.2 Å². The van der Waals surface area contributed by atoms with E-state index in [-0.39, 0.29) is 12.5 Å². The first kappa shape index (κ1) is 20.1. The van der Waals surface area contributed by atoms with Gasteiger partial charge in [0.25, 0.3) is 0 Å². The minimum absolute atomic E-state index is 0.275. The van der Waals surface area contributed by atoms with E-state index >= 15 is 0 Å². The Hall–Kier alpha value is -4.17. The molecule has 0 bridgehead atoms. The fourth-order valence-electron chi connectivity index (χ4n) is 3.11. The smallest absolute Gasteiger partial charge is 0.225 e. The summed E-state index contributed by atoms with van der Waals surface area (Å²) >= 11 is 0. The average Bonchev–Trinajstić information content (AvgIpc) is 2.83. The number of benzene rings is 3. The summed E-state index contributed by atoms with van der Waals surface area (Å²) in [4.78, 5) is 4.51. The Morgan fingerprint density at radius 1 is 0.742 bits per heavy atom. The number of hydrogen-bond acceptors (Lipinski definition) is 4. The maximum Gasteiger partial charge on any atom is 0.225 e. The van der Waals surface area contributed by atoms with E-state index in [9.17, 15) is 9.65 Å². The Kier molecular flexibility index (Phi) is 6.20. The van der Waals surface area contributed by atoms with Crippen LogP contribution >= 0.6 is 0 Å². The molecule has 4 nitrogen and oxygen atoms in total. The van der Waals surface area contributed by atoms with Gasteiger partial charge in [-0.2, -0.15) is 10.2 Å². The van der Waals surface area contributed by atoms with Gasteiger partial charge in [0.1, 0.15) is 19.0 Å². The average molecular weight is 410 g/mol. The highest BCUT2D eigenvalue weighted by Gasteiger charge is 2.15. The minimum atomic E-state index is -0.438. The van der Waals surface area contributed by atoms with Crippen LogP contribution in [-0.2, 0) is 13.2 Å². The molecule has 152 valence electrons. The van der Waals surface area contributed by atoms with Gasteiger partial charge in [-0.3, -0.25) is 0 Å². The lowest BCUT2D eigenvalue weighted by Crippen LogP contribution is -2.03. The van der Waals surface area contributed by atoms with E-state index in [1.54, 1.807) is 12.1 Å². The predicted molar refractivity (Wildman–Crippen MR) is 116 cm³/mol. The molecular weight excluding hydrogens is 391 g/mol. The van der Waals surface area contributed by atoms with Crippen molar-refractivity contribution >= 4 is 0 Å². The monoisotopic (exact) mass is 410 g/mol. The van der Waals surface area contributed by atoms with Crippen molar-refractivity contribution in [2.75, 3.05) is 0 Å². The van der Waals surface area contributed by atoms with Crippen LogP contribution in [0.5, 0.6) is 11.8 Å². The molecule has 5 heteroatoms. The highest BCUT2D eigenvalue weighted by atomic mass is 19.1. The molecule has 0 aliphatic heterocycles. The molecule has 0 aliphatic carbocycles. The Morgan fingerprint density at radius 3 is 2.03 bits per heavy atom. The SMILES string of the molecule is N#Cc1ccc(F)cc1-c1ccc(OCc2ccccc2)nc1OCc1ccccc1. The lowest BCUT2D eigenvalue weighted by molar-refractivity contribution is 0.268. The summed E-state index contributed by atoms with van der Waals surface area (Å²) in [6.45, 7) is 0.634. The van der Waals surface area contributed by atoms with E-state index < -0.39 is 5.82 Å². The molecular formula is C26H19FN2O2. The molecule has 0 saturated heterocycles. The van der Waals surface area contributed by atoms with Crippen LogP contribution in [0, 0.1) is 17.1 Å². The summed E-state index contributed by atoms with van der Waals surface area (Å²) in [6, 6.07) is 29.0. The van der Waals surface area contributed by atoms with E-state index in [0.29, 0.717) is 29.2 Å². The summed E-state index contributed by atoms with van der Waals surface area (Å²) in [6.07, 6.45) is 0. The van der Waals surface area contributed by atoms with Gasteiger partial charge in [0.05, 0.1) is 11.6 Å². The number of rotatable bonds is 7. The molecule has 0 N–H and O–H groups in total. The topological polar surface area (TPSA) is 55.1 Å². The third kappa shape index (κ3) is 5.06. The fraction of sp³-hybridized carbons (Fsp3) is 0.0769. The van der Waals surface area contributed by atoms with Crippen LogP contribution in [0.3, 0.4) is 0 Å². The molecule has 4 aromatic rings. The van der Waals surface area contributed by atoms with E-state index in [1.807, 2.05) is 60.7 Å². The summed E-state index contributed by atoms with van der Waals surface area (Å²) in [5.41, 5.74) is 3.26. The number of aromatic nitrogens is 1. The third-order valence-electron chi connectivity index (χ3n) is 4.67. The van der Waals surface area contributed by atoms with Crippen molar-refractivity contribution < 1.29 is 13.9 Å². The van der Waals surface area contributed by atoms with Gasteiger partial charge in [-0.1, -0.05) is 60.7 Å². The zero-order valence-corrected chi connectivity index (χ0v) is 16.7. The maximum atomic E-state index is 13.9. The summed E-state index contributed by atoms with van der Waals surface area (Å²) < 4.78 is 25.8. The second-order valence-corrected chi connectivity index (χ2v) is 6.85. The molecule has 0 fully saturated rings. The second-order valence-electron chi connectivity index (χ2n) is 6.85. The van der Waals surface area contributed by atoms with Crippen LogP contribution in [0.25, 0.3) is 11.1 Å². The van der Waals surface area contributed by atoms with Gasteiger partial charge in [-0.15, -0.1) is 0 Å². The van der Waals surface area contributed by atoms with Crippen molar-refractivity contribution in [1.29, 1.82) is 5.26 Å². The largest absolute Gasteiger partial charge is 0.473 e. The van der Waals surface area contributed by atoms with Crippen LogP contribution in [-0.4, -0.2) is 4.98 Å². The molecule has 4 rings (SSSR count). The molecule has 3 aromatic carbocycles. The Balaban J connectivity index is 1.66. The number of nitriles is 1. The molecule has 0 radical (unpaired) electrons.